The molecule has 118 valence electrons. The van der Waals surface area contributed by atoms with Gasteiger partial charge in [-0.3, -0.25) is 14.5 Å². The van der Waals surface area contributed by atoms with Gasteiger partial charge in [-0.05, 0) is 32.4 Å². The first-order valence-electron chi connectivity index (χ1n) is 7.31. The highest BCUT2D eigenvalue weighted by Gasteiger charge is 2.31. The molecule has 2 aliphatic heterocycles. The molecule has 0 bridgehead atoms. The molecule has 3 amide bonds. The Kier molecular flexibility index (Phi) is 5.38. The predicted molar refractivity (Wildman–Crippen MR) is 74.8 cm³/mol. The van der Waals surface area contributed by atoms with Gasteiger partial charge in [0.1, 0.15) is 6.54 Å². The topological polar surface area (TPSA) is 102 Å². The number of amides is 3. The van der Waals surface area contributed by atoms with Crippen LogP contribution in [0.1, 0.15) is 19.3 Å². The van der Waals surface area contributed by atoms with Crippen molar-refractivity contribution in [2.75, 3.05) is 39.3 Å². The van der Waals surface area contributed by atoms with Crippen LogP contribution in [0.2, 0.25) is 0 Å². The molecular formula is C13H22N4O4. The highest BCUT2D eigenvalue weighted by atomic mass is 16.4. The zero-order valence-electron chi connectivity index (χ0n) is 12.0. The van der Waals surface area contributed by atoms with Crippen LogP contribution in [-0.2, 0) is 9.59 Å². The Morgan fingerprint density at radius 3 is 2.43 bits per heavy atom. The van der Waals surface area contributed by atoms with Gasteiger partial charge in [0.05, 0.1) is 6.54 Å². The maximum Gasteiger partial charge on any atom is 0.322 e. The molecule has 0 aliphatic carbocycles. The third kappa shape index (κ3) is 4.59. The lowest BCUT2D eigenvalue weighted by Gasteiger charge is -2.23. The van der Waals surface area contributed by atoms with Crippen molar-refractivity contribution in [1.29, 1.82) is 0 Å². The van der Waals surface area contributed by atoms with Crippen LogP contribution in [-0.4, -0.2) is 78.1 Å². The average Bonchev–Trinajstić information content (AvgIpc) is 3.11. The van der Waals surface area contributed by atoms with E-state index in [4.69, 9.17) is 5.11 Å². The molecule has 3 N–H and O–H groups in total. The van der Waals surface area contributed by atoms with Crippen LogP contribution in [0.25, 0.3) is 0 Å². The van der Waals surface area contributed by atoms with Crippen LogP contribution in [0, 0.1) is 0 Å². The number of carbonyl (C=O) groups excluding carboxylic acids is 2. The first-order chi connectivity index (χ1) is 10.1. The van der Waals surface area contributed by atoms with E-state index in [0.29, 0.717) is 19.1 Å². The van der Waals surface area contributed by atoms with Gasteiger partial charge in [0.2, 0.25) is 5.91 Å². The van der Waals surface area contributed by atoms with E-state index in [1.807, 2.05) is 0 Å². The van der Waals surface area contributed by atoms with Gasteiger partial charge in [-0.25, -0.2) is 4.79 Å². The van der Waals surface area contributed by atoms with Gasteiger partial charge < -0.3 is 20.6 Å². The molecule has 1 unspecified atom stereocenters. The number of likely N-dealkylation sites (tertiary alicyclic amines) is 2. The molecular weight excluding hydrogens is 276 g/mol. The molecule has 2 saturated heterocycles. The number of hydrogen-bond acceptors (Lipinski definition) is 4. The summed E-state index contributed by atoms with van der Waals surface area (Å²) in [6.45, 7) is 2.98. The summed E-state index contributed by atoms with van der Waals surface area (Å²) >= 11 is 0. The maximum atomic E-state index is 11.9. The third-order valence-electron chi connectivity index (χ3n) is 3.94. The summed E-state index contributed by atoms with van der Waals surface area (Å²) in [4.78, 5) is 37.7. The molecule has 0 saturated carbocycles. The normalized spacial score (nSPS) is 22.3. The van der Waals surface area contributed by atoms with E-state index in [1.165, 1.54) is 12.8 Å². The number of nitrogens with zero attached hydrogens (tertiary/aromatic N) is 2. The summed E-state index contributed by atoms with van der Waals surface area (Å²) < 4.78 is 0. The molecule has 2 rings (SSSR count). The van der Waals surface area contributed by atoms with Crippen LogP contribution in [0.4, 0.5) is 4.79 Å². The fraction of sp³-hybridized carbons (Fsp3) is 0.769. The predicted octanol–water partition coefficient (Wildman–Crippen LogP) is -0.933. The number of carboxylic acids is 1. The first-order valence-corrected chi connectivity index (χ1v) is 7.31. The molecule has 2 heterocycles. The molecule has 0 aromatic heterocycles. The number of hydrogen-bond donors (Lipinski definition) is 3. The van der Waals surface area contributed by atoms with Gasteiger partial charge in [-0.15, -0.1) is 0 Å². The van der Waals surface area contributed by atoms with Crippen molar-refractivity contribution in [2.24, 2.45) is 0 Å². The number of carboxylic acid groups (broad SMARTS) is 1. The monoisotopic (exact) mass is 298 g/mol. The van der Waals surface area contributed by atoms with Crippen molar-refractivity contribution in [1.82, 2.24) is 20.4 Å². The van der Waals surface area contributed by atoms with Gasteiger partial charge >= 0.3 is 12.0 Å². The Labute approximate surface area is 123 Å². The van der Waals surface area contributed by atoms with Gasteiger partial charge in [-0.1, -0.05) is 0 Å². The average molecular weight is 298 g/mol. The smallest absolute Gasteiger partial charge is 0.322 e. The molecule has 2 fully saturated rings. The van der Waals surface area contributed by atoms with E-state index in [9.17, 15) is 14.4 Å². The summed E-state index contributed by atoms with van der Waals surface area (Å²) in [5.41, 5.74) is 0. The fourth-order valence-electron chi connectivity index (χ4n) is 2.84. The summed E-state index contributed by atoms with van der Waals surface area (Å²) in [6, 6.07) is 0.168. The van der Waals surface area contributed by atoms with Crippen LogP contribution in [0.15, 0.2) is 0 Å². The highest BCUT2D eigenvalue weighted by Crippen LogP contribution is 2.20. The largest absolute Gasteiger partial charge is 0.480 e. The van der Waals surface area contributed by atoms with Crippen LogP contribution < -0.4 is 10.6 Å². The molecule has 0 spiro atoms. The molecule has 8 heteroatoms. The van der Waals surface area contributed by atoms with Gasteiger partial charge in [0.25, 0.3) is 0 Å². The molecule has 21 heavy (non-hydrogen) atoms. The Balaban J connectivity index is 1.67. The lowest BCUT2D eigenvalue weighted by molar-refractivity contribution is -0.137. The molecule has 0 aromatic carbocycles. The third-order valence-corrected chi connectivity index (χ3v) is 3.94. The SMILES string of the molecule is O=C(O)CNC(=O)CNC(=O)N1CCC(N2CCCC2)C1. The Bertz CT molecular complexity index is 409. The summed E-state index contributed by atoms with van der Waals surface area (Å²) in [7, 11) is 0. The second-order valence-electron chi connectivity index (χ2n) is 5.46. The second kappa shape index (κ2) is 7.26. The van der Waals surface area contributed by atoms with Crippen LogP contribution in [0.3, 0.4) is 0 Å². The maximum absolute atomic E-state index is 11.9. The molecule has 8 nitrogen and oxygen atoms in total. The molecule has 0 radical (unpaired) electrons. The van der Waals surface area contributed by atoms with Crippen molar-refractivity contribution in [3.05, 3.63) is 0 Å². The standard InChI is InChI=1S/C13H22N4O4/c18-11(14-8-12(19)20)7-15-13(21)17-6-3-10(9-17)16-4-1-2-5-16/h10H,1-9H2,(H,14,18)(H,15,21)(H,19,20). The number of carbonyl (C=O) groups is 3. The first kappa shape index (κ1) is 15.6. The number of urea groups is 1. The molecule has 2 aliphatic rings. The Morgan fingerprint density at radius 1 is 1.05 bits per heavy atom. The van der Waals surface area contributed by atoms with Crippen molar-refractivity contribution in [3.63, 3.8) is 0 Å². The minimum Gasteiger partial charge on any atom is -0.480 e. The van der Waals surface area contributed by atoms with Crippen molar-refractivity contribution >= 4 is 17.9 Å². The minimum absolute atomic E-state index is 0.197. The second-order valence-corrected chi connectivity index (χ2v) is 5.46. The summed E-state index contributed by atoms with van der Waals surface area (Å²) in [5.74, 6) is -1.61. The quantitative estimate of drug-likeness (QED) is 0.608. The van der Waals surface area contributed by atoms with Gasteiger partial charge in [0, 0.05) is 19.1 Å². The van der Waals surface area contributed by atoms with E-state index in [0.717, 1.165) is 19.5 Å². The van der Waals surface area contributed by atoms with E-state index in [-0.39, 0.29) is 12.6 Å². The molecule has 1 atom stereocenters. The summed E-state index contributed by atoms with van der Waals surface area (Å²) in [6.07, 6.45) is 3.43. The van der Waals surface area contributed by atoms with Crippen molar-refractivity contribution in [2.45, 2.75) is 25.3 Å². The number of aliphatic carboxylic acids is 1. The Hall–Kier alpha value is -1.83. The minimum atomic E-state index is -1.11. The lowest BCUT2D eigenvalue weighted by atomic mass is 10.2. The van der Waals surface area contributed by atoms with E-state index < -0.39 is 18.4 Å². The van der Waals surface area contributed by atoms with Crippen LogP contribution >= 0.6 is 0 Å². The van der Waals surface area contributed by atoms with Crippen molar-refractivity contribution < 1.29 is 19.5 Å². The number of nitrogens with one attached hydrogen (secondary N) is 2. The molecule has 0 aromatic rings. The highest BCUT2D eigenvalue weighted by molar-refractivity contribution is 5.86. The van der Waals surface area contributed by atoms with E-state index in [2.05, 4.69) is 15.5 Å². The number of rotatable bonds is 5. The Morgan fingerprint density at radius 2 is 1.76 bits per heavy atom. The zero-order chi connectivity index (χ0) is 15.2. The van der Waals surface area contributed by atoms with Gasteiger partial charge in [0.15, 0.2) is 0 Å². The van der Waals surface area contributed by atoms with E-state index >= 15 is 0 Å². The lowest BCUT2D eigenvalue weighted by Crippen LogP contribution is -2.45. The van der Waals surface area contributed by atoms with Crippen LogP contribution in [0.5, 0.6) is 0 Å². The van der Waals surface area contributed by atoms with E-state index in [1.54, 1.807) is 4.90 Å². The van der Waals surface area contributed by atoms with Crippen molar-refractivity contribution in [3.8, 4) is 0 Å². The fourth-order valence-corrected chi connectivity index (χ4v) is 2.84. The van der Waals surface area contributed by atoms with Gasteiger partial charge in [-0.2, -0.15) is 0 Å². The zero-order valence-corrected chi connectivity index (χ0v) is 12.0. The summed E-state index contributed by atoms with van der Waals surface area (Å²) in [5, 5.41) is 13.2.